The zero-order valence-corrected chi connectivity index (χ0v) is 9.94. The van der Waals surface area contributed by atoms with Crippen LogP contribution in [-0.4, -0.2) is 9.55 Å². The van der Waals surface area contributed by atoms with Crippen molar-refractivity contribution in [1.29, 1.82) is 0 Å². The molecule has 1 aromatic heterocycles. The number of halogens is 1. The number of benzene rings is 1. The average molecular weight is 267 g/mol. The molecule has 0 unspecified atom stereocenters. The summed E-state index contributed by atoms with van der Waals surface area (Å²) in [5.41, 5.74) is 0. The third kappa shape index (κ3) is 2.59. The van der Waals surface area contributed by atoms with E-state index in [9.17, 15) is 0 Å². The first kappa shape index (κ1) is 10.2. The Morgan fingerprint density at radius 3 is 3.00 bits per heavy atom. The van der Waals surface area contributed by atoms with Gasteiger partial charge < -0.3 is 9.30 Å². The molecule has 0 atom stereocenters. The van der Waals surface area contributed by atoms with E-state index in [4.69, 9.17) is 4.74 Å². The molecule has 1 aromatic carbocycles. The fourth-order valence-electron chi connectivity index (χ4n) is 1.24. The lowest BCUT2D eigenvalue weighted by Gasteiger charge is -2.06. The van der Waals surface area contributed by atoms with Gasteiger partial charge in [-0.15, -0.1) is 0 Å². The lowest BCUT2D eigenvalue weighted by atomic mass is 10.3. The molecule has 0 amide bonds. The van der Waals surface area contributed by atoms with Gasteiger partial charge in [-0.25, -0.2) is 4.98 Å². The summed E-state index contributed by atoms with van der Waals surface area (Å²) in [6.07, 6.45) is 3.67. The van der Waals surface area contributed by atoms with Crippen LogP contribution in [0.5, 0.6) is 5.75 Å². The van der Waals surface area contributed by atoms with E-state index in [2.05, 4.69) is 20.9 Å². The van der Waals surface area contributed by atoms with Crippen molar-refractivity contribution in [1.82, 2.24) is 9.55 Å². The third-order valence-corrected chi connectivity index (χ3v) is 2.58. The molecule has 0 aliphatic carbocycles. The maximum atomic E-state index is 5.60. The molecular formula is C11H11BrN2O. The molecular weight excluding hydrogens is 256 g/mol. The Balaban J connectivity index is 2.02. The minimum atomic E-state index is 0.486. The maximum Gasteiger partial charge on any atom is 0.146 e. The second-order valence-corrected chi connectivity index (χ2v) is 4.12. The number of imidazole rings is 1. The molecule has 3 nitrogen and oxygen atoms in total. The van der Waals surface area contributed by atoms with Crippen LogP contribution in [0.2, 0.25) is 0 Å². The second-order valence-electron chi connectivity index (χ2n) is 3.20. The number of rotatable bonds is 3. The van der Waals surface area contributed by atoms with Gasteiger partial charge in [-0.05, 0) is 18.2 Å². The van der Waals surface area contributed by atoms with Crippen LogP contribution in [0.3, 0.4) is 0 Å². The van der Waals surface area contributed by atoms with Gasteiger partial charge in [-0.2, -0.15) is 0 Å². The van der Waals surface area contributed by atoms with Crippen molar-refractivity contribution in [3.8, 4) is 5.75 Å². The van der Waals surface area contributed by atoms with Crippen molar-refractivity contribution in [2.24, 2.45) is 7.05 Å². The van der Waals surface area contributed by atoms with E-state index in [1.807, 2.05) is 42.1 Å². The first-order valence-electron chi connectivity index (χ1n) is 4.60. The Morgan fingerprint density at radius 2 is 2.33 bits per heavy atom. The molecule has 0 aliphatic rings. The minimum absolute atomic E-state index is 0.486. The number of hydrogen-bond acceptors (Lipinski definition) is 2. The molecule has 0 saturated heterocycles. The topological polar surface area (TPSA) is 27.1 Å². The summed E-state index contributed by atoms with van der Waals surface area (Å²) in [4.78, 5) is 4.18. The molecule has 0 bridgehead atoms. The van der Waals surface area contributed by atoms with Gasteiger partial charge in [0.1, 0.15) is 18.2 Å². The Hall–Kier alpha value is -1.29. The fourth-order valence-corrected chi connectivity index (χ4v) is 1.62. The summed E-state index contributed by atoms with van der Waals surface area (Å²) in [6.45, 7) is 0.486. The number of ether oxygens (including phenoxy) is 1. The molecule has 0 fully saturated rings. The standard InChI is InChI=1S/C11H11BrN2O/c1-14-6-5-13-11(14)8-15-10-4-2-3-9(12)7-10/h2-7H,8H2,1H3. The average Bonchev–Trinajstić information content (AvgIpc) is 2.61. The maximum absolute atomic E-state index is 5.60. The van der Waals surface area contributed by atoms with Crippen molar-refractivity contribution in [3.63, 3.8) is 0 Å². The number of hydrogen-bond donors (Lipinski definition) is 0. The molecule has 2 aromatic rings. The largest absolute Gasteiger partial charge is 0.486 e. The highest BCUT2D eigenvalue weighted by Crippen LogP contribution is 2.18. The van der Waals surface area contributed by atoms with Crippen molar-refractivity contribution in [2.75, 3.05) is 0 Å². The van der Waals surface area contributed by atoms with Crippen molar-refractivity contribution >= 4 is 15.9 Å². The quantitative estimate of drug-likeness (QED) is 0.855. The normalized spacial score (nSPS) is 10.3. The zero-order chi connectivity index (χ0) is 10.7. The predicted molar refractivity (Wildman–Crippen MR) is 61.7 cm³/mol. The Kier molecular flexibility index (Phi) is 3.06. The van der Waals surface area contributed by atoms with Crippen LogP contribution >= 0.6 is 15.9 Å². The van der Waals surface area contributed by atoms with E-state index in [1.165, 1.54) is 0 Å². The Morgan fingerprint density at radius 1 is 1.47 bits per heavy atom. The molecule has 0 N–H and O–H groups in total. The zero-order valence-electron chi connectivity index (χ0n) is 8.35. The van der Waals surface area contributed by atoms with Crippen LogP contribution in [0, 0.1) is 0 Å². The van der Waals surface area contributed by atoms with E-state index in [-0.39, 0.29) is 0 Å². The highest BCUT2D eigenvalue weighted by molar-refractivity contribution is 9.10. The van der Waals surface area contributed by atoms with Crippen LogP contribution < -0.4 is 4.74 Å². The highest BCUT2D eigenvalue weighted by Gasteiger charge is 2.00. The van der Waals surface area contributed by atoms with Gasteiger partial charge in [0.2, 0.25) is 0 Å². The van der Waals surface area contributed by atoms with E-state index in [1.54, 1.807) is 6.20 Å². The van der Waals surface area contributed by atoms with E-state index in [0.717, 1.165) is 16.0 Å². The van der Waals surface area contributed by atoms with E-state index < -0.39 is 0 Å². The molecule has 0 aliphatic heterocycles. The van der Waals surface area contributed by atoms with Gasteiger partial charge in [0.25, 0.3) is 0 Å². The molecule has 0 radical (unpaired) electrons. The Labute approximate surface area is 96.8 Å². The lowest BCUT2D eigenvalue weighted by molar-refractivity contribution is 0.291. The predicted octanol–water partition coefficient (Wildman–Crippen LogP) is 2.76. The number of nitrogens with zero attached hydrogens (tertiary/aromatic N) is 2. The van der Waals surface area contributed by atoms with Crippen molar-refractivity contribution in [3.05, 3.63) is 47.0 Å². The second kappa shape index (κ2) is 4.49. The van der Waals surface area contributed by atoms with Gasteiger partial charge >= 0.3 is 0 Å². The summed E-state index contributed by atoms with van der Waals surface area (Å²) in [7, 11) is 1.95. The first-order chi connectivity index (χ1) is 7.25. The lowest BCUT2D eigenvalue weighted by Crippen LogP contribution is -2.02. The minimum Gasteiger partial charge on any atom is -0.486 e. The van der Waals surface area contributed by atoms with Crippen LogP contribution in [0.15, 0.2) is 41.1 Å². The van der Waals surface area contributed by atoms with Gasteiger partial charge in [0.15, 0.2) is 0 Å². The van der Waals surface area contributed by atoms with Gasteiger partial charge in [0.05, 0.1) is 0 Å². The monoisotopic (exact) mass is 266 g/mol. The first-order valence-corrected chi connectivity index (χ1v) is 5.39. The molecule has 1 heterocycles. The summed E-state index contributed by atoms with van der Waals surface area (Å²) in [5.74, 6) is 1.75. The number of aryl methyl sites for hydroxylation is 1. The van der Waals surface area contributed by atoms with E-state index in [0.29, 0.717) is 6.61 Å². The van der Waals surface area contributed by atoms with Gasteiger partial charge in [-0.3, -0.25) is 0 Å². The fraction of sp³-hybridized carbons (Fsp3) is 0.182. The van der Waals surface area contributed by atoms with Gasteiger partial charge in [0, 0.05) is 23.9 Å². The Bertz CT molecular complexity index is 453. The summed E-state index contributed by atoms with van der Waals surface area (Å²) < 4.78 is 8.55. The van der Waals surface area contributed by atoms with Crippen LogP contribution in [-0.2, 0) is 13.7 Å². The number of aromatic nitrogens is 2. The molecule has 78 valence electrons. The highest BCUT2D eigenvalue weighted by atomic mass is 79.9. The summed E-state index contributed by atoms with van der Waals surface area (Å²) in [6, 6.07) is 7.77. The summed E-state index contributed by atoms with van der Waals surface area (Å²) in [5, 5.41) is 0. The smallest absolute Gasteiger partial charge is 0.146 e. The molecule has 4 heteroatoms. The molecule has 2 rings (SSSR count). The third-order valence-electron chi connectivity index (χ3n) is 2.08. The molecule has 0 spiro atoms. The van der Waals surface area contributed by atoms with Crippen molar-refractivity contribution < 1.29 is 4.74 Å². The van der Waals surface area contributed by atoms with Crippen LogP contribution in [0.4, 0.5) is 0 Å². The summed E-state index contributed by atoms with van der Waals surface area (Å²) >= 11 is 3.39. The van der Waals surface area contributed by atoms with Crippen LogP contribution in [0.1, 0.15) is 5.82 Å². The van der Waals surface area contributed by atoms with Crippen molar-refractivity contribution in [2.45, 2.75) is 6.61 Å². The van der Waals surface area contributed by atoms with E-state index >= 15 is 0 Å². The molecule has 15 heavy (non-hydrogen) atoms. The SMILES string of the molecule is Cn1ccnc1COc1cccc(Br)c1. The van der Waals surface area contributed by atoms with Crippen LogP contribution in [0.25, 0.3) is 0 Å². The molecule has 0 saturated carbocycles. The van der Waals surface area contributed by atoms with Gasteiger partial charge in [-0.1, -0.05) is 22.0 Å².